The van der Waals surface area contributed by atoms with Crippen LogP contribution in [0.1, 0.15) is 32.4 Å². The number of aromatic nitrogens is 3. The number of allylic oxidation sites excluding steroid dienone is 1. The highest BCUT2D eigenvalue weighted by atomic mass is 16.5. The fourth-order valence-corrected chi connectivity index (χ4v) is 3.64. The Morgan fingerprint density at radius 2 is 2.00 bits per heavy atom. The van der Waals surface area contributed by atoms with Crippen molar-refractivity contribution in [1.29, 1.82) is 0 Å². The van der Waals surface area contributed by atoms with Crippen LogP contribution in [0.2, 0.25) is 0 Å². The van der Waals surface area contributed by atoms with E-state index < -0.39 is 6.04 Å². The fourth-order valence-electron chi connectivity index (χ4n) is 3.64. The van der Waals surface area contributed by atoms with Gasteiger partial charge >= 0.3 is 5.97 Å². The van der Waals surface area contributed by atoms with Crippen LogP contribution in [0.15, 0.2) is 54.0 Å². The minimum Gasteiger partial charge on any atom is -0.496 e. The number of benzene rings is 2. The van der Waals surface area contributed by atoms with Gasteiger partial charge in [-0.1, -0.05) is 30.3 Å². The summed E-state index contributed by atoms with van der Waals surface area (Å²) in [5.74, 6) is 0.856. The molecule has 0 unspecified atom stereocenters. The minimum atomic E-state index is -0.522. The Hall–Kier alpha value is -3.35. The maximum atomic E-state index is 13.0. The molecule has 1 aliphatic heterocycles. The van der Waals surface area contributed by atoms with E-state index >= 15 is 0 Å². The zero-order chi connectivity index (χ0) is 19.8. The zero-order valence-electron chi connectivity index (χ0n) is 16.3. The molecule has 3 aromatic rings. The highest BCUT2D eigenvalue weighted by Crippen LogP contribution is 2.42. The summed E-state index contributed by atoms with van der Waals surface area (Å²) in [4.78, 5) is 17.3. The van der Waals surface area contributed by atoms with E-state index in [1.165, 1.54) is 6.33 Å². The van der Waals surface area contributed by atoms with Gasteiger partial charge in [0.15, 0.2) is 0 Å². The van der Waals surface area contributed by atoms with Gasteiger partial charge in [0, 0.05) is 11.3 Å². The molecule has 1 aliphatic rings. The molecule has 7 heteroatoms. The van der Waals surface area contributed by atoms with Crippen LogP contribution in [0.3, 0.4) is 0 Å². The first-order valence-electron chi connectivity index (χ1n) is 9.15. The summed E-state index contributed by atoms with van der Waals surface area (Å²) in [5.41, 5.74) is 2.02. The van der Waals surface area contributed by atoms with Crippen LogP contribution < -0.4 is 10.1 Å². The van der Waals surface area contributed by atoms with Crippen LogP contribution in [0.5, 0.6) is 5.75 Å². The van der Waals surface area contributed by atoms with Gasteiger partial charge in [0.05, 0.1) is 18.8 Å². The maximum Gasteiger partial charge on any atom is 0.338 e. The number of esters is 1. The topological polar surface area (TPSA) is 78.3 Å². The van der Waals surface area contributed by atoms with E-state index in [9.17, 15) is 4.79 Å². The summed E-state index contributed by atoms with van der Waals surface area (Å²) < 4.78 is 12.9. The van der Waals surface area contributed by atoms with Gasteiger partial charge in [-0.25, -0.2) is 9.48 Å². The number of rotatable bonds is 4. The first kappa shape index (κ1) is 18.0. The molecule has 2 aromatic carbocycles. The smallest absolute Gasteiger partial charge is 0.338 e. The molecule has 0 spiro atoms. The lowest BCUT2D eigenvalue weighted by atomic mass is 9.90. The summed E-state index contributed by atoms with van der Waals surface area (Å²) in [6.07, 6.45) is 1.23. The van der Waals surface area contributed by atoms with Crippen molar-refractivity contribution in [1.82, 2.24) is 14.8 Å². The molecular formula is C21H22N4O3. The average Bonchev–Trinajstić information content (AvgIpc) is 3.13. The van der Waals surface area contributed by atoms with Crippen LogP contribution >= 0.6 is 0 Å². The predicted octanol–water partition coefficient (Wildman–Crippen LogP) is 3.68. The van der Waals surface area contributed by atoms with Gasteiger partial charge in [-0.2, -0.15) is 10.1 Å². The summed E-state index contributed by atoms with van der Waals surface area (Å²) in [5, 5.41) is 9.58. The molecule has 0 amide bonds. The largest absolute Gasteiger partial charge is 0.496 e. The van der Waals surface area contributed by atoms with E-state index in [-0.39, 0.29) is 12.1 Å². The lowest BCUT2D eigenvalue weighted by Crippen LogP contribution is -2.31. The number of methoxy groups -OCH3 is 1. The Kier molecular flexibility index (Phi) is 4.50. The summed E-state index contributed by atoms with van der Waals surface area (Å²) in [6, 6.07) is 11.4. The number of nitrogens with zero attached hydrogens (tertiary/aromatic N) is 3. The molecule has 4 rings (SSSR count). The number of ether oxygens (including phenoxy) is 2. The van der Waals surface area contributed by atoms with Gasteiger partial charge < -0.3 is 14.8 Å². The standard InChI is InChI=1S/C21H22N4O3/c1-12(2)28-20(26)17-13(3)24-21-22-11-23-25(21)19(17)18-15-8-6-5-7-14(15)9-10-16(18)27-4/h5-12,19H,1-4H3,(H,22,23,24)/t19-/m0/s1. The number of carbonyl (C=O) groups excluding carboxylic acids is 1. The fraction of sp³-hybridized carbons (Fsp3) is 0.286. The van der Waals surface area contributed by atoms with Crippen molar-refractivity contribution < 1.29 is 14.3 Å². The molecule has 0 fully saturated rings. The second-order valence-corrected chi connectivity index (χ2v) is 6.95. The van der Waals surface area contributed by atoms with Crippen molar-refractivity contribution >= 4 is 22.7 Å². The van der Waals surface area contributed by atoms with Crippen LogP contribution in [0, 0.1) is 0 Å². The summed E-state index contributed by atoms with van der Waals surface area (Å²) >= 11 is 0. The Bertz CT molecular complexity index is 1080. The molecular weight excluding hydrogens is 356 g/mol. The van der Waals surface area contributed by atoms with Gasteiger partial charge in [0.2, 0.25) is 5.95 Å². The molecule has 2 heterocycles. The SMILES string of the molecule is COc1ccc2ccccc2c1[C@@H]1C(C(=O)OC(C)C)=C(C)Nc2ncnn21. The van der Waals surface area contributed by atoms with Crippen LogP contribution in [0.4, 0.5) is 5.95 Å². The molecule has 7 nitrogen and oxygen atoms in total. The lowest BCUT2D eigenvalue weighted by Gasteiger charge is -2.30. The highest BCUT2D eigenvalue weighted by molar-refractivity contribution is 5.96. The molecule has 144 valence electrons. The number of carbonyl (C=O) groups is 1. The molecule has 1 atom stereocenters. The zero-order valence-corrected chi connectivity index (χ0v) is 16.3. The quantitative estimate of drug-likeness (QED) is 0.698. The van der Waals surface area contributed by atoms with Crippen molar-refractivity contribution in [2.45, 2.75) is 32.9 Å². The Labute approximate surface area is 163 Å². The first-order chi connectivity index (χ1) is 13.5. The third-order valence-electron chi connectivity index (χ3n) is 4.78. The highest BCUT2D eigenvalue weighted by Gasteiger charge is 2.37. The second-order valence-electron chi connectivity index (χ2n) is 6.95. The lowest BCUT2D eigenvalue weighted by molar-refractivity contribution is -0.143. The van der Waals surface area contributed by atoms with E-state index in [4.69, 9.17) is 9.47 Å². The van der Waals surface area contributed by atoms with E-state index in [1.54, 1.807) is 11.8 Å². The summed E-state index contributed by atoms with van der Waals surface area (Å²) in [6.45, 7) is 5.51. The van der Waals surface area contributed by atoms with Crippen LogP contribution in [-0.2, 0) is 9.53 Å². The van der Waals surface area contributed by atoms with Gasteiger partial charge in [-0.3, -0.25) is 0 Å². The third-order valence-corrected chi connectivity index (χ3v) is 4.78. The molecule has 1 N–H and O–H groups in total. The van der Waals surface area contributed by atoms with Crippen molar-refractivity contribution in [2.24, 2.45) is 0 Å². The number of hydrogen-bond donors (Lipinski definition) is 1. The molecule has 0 saturated heterocycles. The second kappa shape index (κ2) is 6.99. The minimum absolute atomic E-state index is 0.236. The van der Waals surface area contributed by atoms with Gasteiger partial charge in [-0.15, -0.1) is 0 Å². The Morgan fingerprint density at radius 3 is 2.75 bits per heavy atom. The number of anilines is 1. The maximum absolute atomic E-state index is 13.0. The predicted molar refractivity (Wildman–Crippen MR) is 106 cm³/mol. The van der Waals surface area contributed by atoms with Crippen LogP contribution in [-0.4, -0.2) is 33.9 Å². The van der Waals surface area contributed by atoms with E-state index in [0.717, 1.165) is 16.3 Å². The van der Waals surface area contributed by atoms with Gasteiger partial charge in [0.25, 0.3) is 0 Å². The van der Waals surface area contributed by atoms with E-state index in [0.29, 0.717) is 23.0 Å². The summed E-state index contributed by atoms with van der Waals surface area (Å²) in [7, 11) is 1.62. The van der Waals surface area contributed by atoms with Crippen LogP contribution in [0.25, 0.3) is 10.8 Å². The monoisotopic (exact) mass is 378 g/mol. The van der Waals surface area contributed by atoms with Crippen molar-refractivity contribution in [3.8, 4) is 5.75 Å². The number of fused-ring (bicyclic) bond motifs is 2. The number of nitrogens with one attached hydrogen (secondary N) is 1. The molecule has 0 aliphatic carbocycles. The van der Waals surface area contributed by atoms with Gasteiger partial charge in [0.1, 0.15) is 18.1 Å². The van der Waals surface area contributed by atoms with Gasteiger partial charge in [-0.05, 0) is 37.6 Å². The Balaban J connectivity index is 2.01. The first-order valence-corrected chi connectivity index (χ1v) is 9.15. The number of hydrogen-bond acceptors (Lipinski definition) is 6. The molecule has 0 saturated carbocycles. The van der Waals surface area contributed by atoms with E-state index in [1.807, 2.05) is 57.2 Å². The molecule has 28 heavy (non-hydrogen) atoms. The molecule has 0 radical (unpaired) electrons. The van der Waals surface area contributed by atoms with E-state index in [2.05, 4.69) is 15.4 Å². The molecule has 1 aromatic heterocycles. The third kappa shape index (κ3) is 2.89. The molecule has 0 bridgehead atoms. The normalized spacial score (nSPS) is 16.1. The average molecular weight is 378 g/mol. The van der Waals surface area contributed by atoms with Crippen molar-refractivity contribution in [3.63, 3.8) is 0 Å². The van der Waals surface area contributed by atoms with Crippen molar-refractivity contribution in [2.75, 3.05) is 12.4 Å². The Morgan fingerprint density at radius 1 is 1.21 bits per heavy atom. The van der Waals surface area contributed by atoms with Crippen molar-refractivity contribution in [3.05, 3.63) is 59.6 Å².